The van der Waals surface area contributed by atoms with Crippen molar-refractivity contribution < 1.29 is 19.4 Å². The van der Waals surface area contributed by atoms with Crippen LogP contribution in [-0.4, -0.2) is 29.4 Å². The van der Waals surface area contributed by atoms with E-state index in [2.05, 4.69) is 38.7 Å². The average Bonchev–Trinajstić information content (AvgIpc) is 2.66. The standard InChI is InChI=1S/C26H40O4/c1-7-26(5,6)25(28)30-23-13-16(2)12-19-9-8-17(3)22(24(19)23)11-10-21-15-20(27)14-18(4)29-21/h8-9,12,16-17,20-24,27H,4,7,10-11,13-15H2,1-3,5-6H3/t16-,17-,20-,21?,22-,23-,24-/m0/s1. The van der Waals surface area contributed by atoms with Gasteiger partial charge in [0.05, 0.1) is 17.3 Å². The molecular formula is C26H40O4. The van der Waals surface area contributed by atoms with E-state index in [1.165, 1.54) is 5.57 Å². The molecule has 0 aromatic rings. The summed E-state index contributed by atoms with van der Waals surface area (Å²) in [5.41, 5.74) is 0.862. The van der Waals surface area contributed by atoms with Crippen molar-refractivity contribution in [3.8, 4) is 0 Å². The highest BCUT2D eigenvalue weighted by Crippen LogP contribution is 2.45. The monoisotopic (exact) mass is 416 g/mol. The molecule has 0 saturated carbocycles. The molecule has 1 heterocycles. The maximum absolute atomic E-state index is 12.9. The summed E-state index contributed by atoms with van der Waals surface area (Å²) in [7, 11) is 0. The molecule has 0 bridgehead atoms. The smallest absolute Gasteiger partial charge is 0.311 e. The van der Waals surface area contributed by atoms with Crippen LogP contribution in [0.2, 0.25) is 0 Å². The molecule has 1 unspecified atom stereocenters. The molecule has 1 fully saturated rings. The number of carbonyl (C=O) groups is 1. The Bertz CT molecular complexity index is 704. The minimum Gasteiger partial charge on any atom is -0.495 e. The van der Waals surface area contributed by atoms with Crippen LogP contribution < -0.4 is 0 Å². The average molecular weight is 417 g/mol. The SMILES string of the molecule is C=C1C[C@H](O)CC(CC[C@@H]2[C@@H]3C(=C[C@H](C)C[C@@H]3OC(=O)C(C)(C)CC)C=C[C@@H]2C)O1. The molecule has 1 N–H and O–H groups in total. The zero-order chi connectivity index (χ0) is 22.1. The van der Waals surface area contributed by atoms with Gasteiger partial charge >= 0.3 is 5.97 Å². The Kier molecular flexibility index (Phi) is 7.16. The molecule has 1 saturated heterocycles. The van der Waals surface area contributed by atoms with Gasteiger partial charge in [-0.05, 0) is 62.9 Å². The first kappa shape index (κ1) is 23.1. The summed E-state index contributed by atoms with van der Waals surface area (Å²) in [6.45, 7) is 14.4. The van der Waals surface area contributed by atoms with Gasteiger partial charge in [0, 0.05) is 18.8 Å². The topological polar surface area (TPSA) is 55.8 Å². The third kappa shape index (κ3) is 5.19. The zero-order valence-electron chi connectivity index (χ0n) is 19.4. The first-order valence-corrected chi connectivity index (χ1v) is 11.7. The van der Waals surface area contributed by atoms with Gasteiger partial charge in [0.2, 0.25) is 0 Å². The molecule has 0 aromatic heterocycles. The van der Waals surface area contributed by atoms with E-state index in [1.54, 1.807) is 0 Å². The summed E-state index contributed by atoms with van der Waals surface area (Å²) in [6.07, 6.45) is 11.2. The van der Waals surface area contributed by atoms with Crippen LogP contribution >= 0.6 is 0 Å². The van der Waals surface area contributed by atoms with Gasteiger partial charge in [-0.25, -0.2) is 0 Å². The van der Waals surface area contributed by atoms with Crippen molar-refractivity contribution in [2.45, 2.75) is 91.5 Å². The number of aliphatic hydroxyl groups is 1. The number of aliphatic hydroxyl groups excluding tert-OH is 1. The van der Waals surface area contributed by atoms with E-state index in [9.17, 15) is 9.90 Å². The number of hydrogen-bond donors (Lipinski definition) is 1. The molecule has 4 heteroatoms. The van der Waals surface area contributed by atoms with Crippen molar-refractivity contribution in [1.82, 2.24) is 0 Å². The molecule has 0 aromatic carbocycles. The van der Waals surface area contributed by atoms with Crippen molar-refractivity contribution in [3.63, 3.8) is 0 Å². The van der Waals surface area contributed by atoms with Crippen molar-refractivity contribution in [3.05, 3.63) is 36.1 Å². The molecule has 30 heavy (non-hydrogen) atoms. The first-order valence-electron chi connectivity index (χ1n) is 11.7. The highest BCUT2D eigenvalue weighted by Gasteiger charge is 2.43. The number of allylic oxidation sites excluding steroid dienone is 3. The minimum atomic E-state index is -0.456. The molecule has 3 rings (SSSR count). The van der Waals surface area contributed by atoms with Crippen molar-refractivity contribution in [1.29, 1.82) is 0 Å². The Balaban J connectivity index is 1.76. The molecule has 2 aliphatic carbocycles. The van der Waals surface area contributed by atoms with Gasteiger partial charge < -0.3 is 14.6 Å². The number of ether oxygens (including phenoxy) is 2. The number of fused-ring (bicyclic) bond motifs is 1. The predicted octanol–water partition coefficient (Wildman–Crippen LogP) is 5.57. The van der Waals surface area contributed by atoms with Crippen molar-refractivity contribution >= 4 is 5.97 Å². The third-order valence-corrected chi connectivity index (χ3v) is 7.44. The Morgan fingerprint density at radius 2 is 2.03 bits per heavy atom. The Hall–Kier alpha value is -1.55. The lowest BCUT2D eigenvalue weighted by Crippen LogP contribution is -2.43. The summed E-state index contributed by atoms with van der Waals surface area (Å²) in [4.78, 5) is 12.9. The van der Waals surface area contributed by atoms with Crippen LogP contribution in [0.1, 0.15) is 73.1 Å². The van der Waals surface area contributed by atoms with E-state index in [4.69, 9.17) is 9.47 Å². The van der Waals surface area contributed by atoms with E-state index >= 15 is 0 Å². The molecule has 4 nitrogen and oxygen atoms in total. The molecule has 0 spiro atoms. The van der Waals surface area contributed by atoms with Crippen LogP contribution in [0.25, 0.3) is 0 Å². The largest absolute Gasteiger partial charge is 0.495 e. The quantitative estimate of drug-likeness (QED) is 0.575. The van der Waals surface area contributed by atoms with Crippen molar-refractivity contribution in [2.24, 2.45) is 29.1 Å². The van der Waals surface area contributed by atoms with E-state index in [-0.39, 0.29) is 30.2 Å². The van der Waals surface area contributed by atoms with Crippen LogP contribution in [0.3, 0.4) is 0 Å². The van der Waals surface area contributed by atoms with E-state index < -0.39 is 5.41 Å². The number of esters is 1. The third-order valence-electron chi connectivity index (χ3n) is 7.44. The number of carbonyl (C=O) groups excluding carboxylic acids is 1. The van der Waals surface area contributed by atoms with E-state index in [1.807, 2.05) is 20.8 Å². The molecular weight excluding hydrogens is 376 g/mol. The lowest BCUT2D eigenvalue weighted by atomic mass is 9.65. The summed E-state index contributed by atoms with van der Waals surface area (Å²) >= 11 is 0. The number of rotatable bonds is 6. The van der Waals surface area contributed by atoms with Gasteiger partial charge in [-0.3, -0.25) is 4.79 Å². The predicted molar refractivity (Wildman–Crippen MR) is 120 cm³/mol. The van der Waals surface area contributed by atoms with Gasteiger partial charge in [0.25, 0.3) is 0 Å². The second-order valence-corrected chi connectivity index (χ2v) is 10.4. The van der Waals surface area contributed by atoms with Crippen molar-refractivity contribution in [2.75, 3.05) is 0 Å². The first-order chi connectivity index (χ1) is 14.1. The Labute approximate surface area is 182 Å². The van der Waals surface area contributed by atoms with Crippen LogP contribution in [-0.2, 0) is 14.3 Å². The Morgan fingerprint density at radius 3 is 2.70 bits per heavy atom. The maximum atomic E-state index is 12.9. The highest BCUT2D eigenvalue weighted by atomic mass is 16.5. The second-order valence-electron chi connectivity index (χ2n) is 10.4. The summed E-state index contributed by atoms with van der Waals surface area (Å²) in [5, 5.41) is 10.1. The fourth-order valence-electron chi connectivity index (χ4n) is 5.20. The van der Waals surface area contributed by atoms with Gasteiger partial charge in [0.15, 0.2) is 0 Å². The summed E-state index contributed by atoms with van der Waals surface area (Å²) in [5.74, 6) is 2.05. The molecule has 1 aliphatic heterocycles. The zero-order valence-corrected chi connectivity index (χ0v) is 19.4. The van der Waals surface area contributed by atoms with Gasteiger partial charge in [-0.2, -0.15) is 0 Å². The van der Waals surface area contributed by atoms with E-state index in [0.717, 1.165) is 25.7 Å². The van der Waals surface area contributed by atoms with Gasteiger partial charge in [0.1, 0.15) is 12.2 Å². The van der Waals surface area contributed by atoms with Crippen LogP contribution in [0.5, 0.6) is 0 Å². The highest BCUT2D eigenvalue weighted by molar-refractivity contribution is 5.76. The normalized spacial score (nSPS) is 36.5. The number of hydrogen-bond acceptors (Lipinski definition) is 4. The Morgan fingerprint density at radius 1 is 1.30 bits per heavy atom. The fourth-order valence-corrected chi connectivity index (χ4v) is 5.20. The summed E-state index contributed by atoms with van der Waals surface area (Å²) < 4.78 is 12.1. The van der Waals surface area contributed by atoms with Gasteiger partial charge in [-0.1, -0.05) is 45.6 Å². The van der Waals surface area contributed by atoms with Crippen LogP contribution in [0.4, 0.5) is 0 Å². The molecule has 3 aliphatic rings. The van der Waals surface area contributed by atoms with Gasteiger partial charge in [-0.15, -0.1) is 0 Å². The molecule has 0 amide bonds. The molecule has 7 atom stereocenters. The molecule has 168 valence electrons. The minimum absolute atomic E-state index is 0.0225. The second kappa shape index (κ2) is 9.30. The maximum Gasteiger partial charge on any atom is 0.311 e. The van der Waals surface area contributed by atoms with Crippen LogP contribution in [0, 0.1) is 29.1 Å². The summed E-state index contributed by atoms with van der Waals surface area (Å²) in [6, 6.07) is 0. The lowest BCUT2D eigenvalue weighted by molar-refractivity contribution is -0.164. The van der Waals surface area contributed by atoms with E-state index in [0.29, 0.717) is 36.4 Å². The molecule has 0 radical (unpaired) electrons. The van der Waals surface area contributed by atoms with Crippen LogP contribution in [0.15, 0.2) is 36.1 Å². The fraction of sp³-hybridized carbons (Fsp3) is 0.731. The lowest BCUT2D eigenvalue weighted by Gasteiger charge is -2.44.